The van der Waals surface area contributed by atoms with Gasteiger partial charge in [0, 0.05) is 0 Å². The van der Waals surface area contributed by atoms with Crippen LogP contribution < -0.4 is 0 Å². The molecule has 1 heterocycles. The highest BCUT2D eigenvalue weighted by atomic mass is 16.4. The topological polar surface area (TPSA) is 40.5 Å². The number of nitrogens with zero attached hydrogens (tertiary/aromatic N) is 1. The Morgan fingerprint density at radius 1 is 1.47 bits per heavy atom. The van der Waals surface area contributed by atoms with E-state index in [0.717, 1.165) is 25.9 Å². The number of carbonyl (C=O) groups is 1. The molecule has 3 heteroatoms. The molecule has 1 aliphatic rings. The molecule has 1 aliphatic heterocycles. The number of terminal acetylenes is 1. The van der Waals surface area contributed by atoms with Crippen LogP contribution in [0.1, 0.15) is 39.5 Å². The number of likely N-dealkylation sites (tertiary alicyclic amines) is 1. The molecular weight excluding hydrogens is 238 g/mol. The van der Waals surface area contributed by atoms with E-state index in [0.29, 0.717) is 5.57 Å². The molecule has 104 valence electrons. The van der Waals surface area contributed by atoms with Gasteiger partial charge in [0.15, 0.2) is 0 Å². The zero-order valence-electron chi connectivity index (χ0n) is 11.9. The van der Waals surface area contributed by atoms with Crippen molar-refractivity contribution in [2.45, 2.75) is 45.1 Å². The Hall–Kier alpha value is -1.53. The summed E-state index contributed by atoms with van der Waals surface area (Å²) in [5.41, 5.74) is 0.115. The SMILES string of the molecule is C#CC(C)(CC/C=C\C(=C/C)C(=O)O)N1CCCC1. The van der Waals surface area contributed by atoms with Gasteiger partial charge in [-0.3, -0.25) is 4.90 Å². The zero-order chi connectivity index (χ0) is 14.3. The Morgan fingerprint density at radius 3 is 2.58 bits per heavy atom. The van der Waals surface area contributed by atoms with E-state index in [1.165, 1.54) is 12.8 Å². The third-order valence-corrected chi connectivity index (χ3v) is 3.77. The molecule has 0 aliphatic carbocycles. The van der Waals surface area contributed by atoms with Gasteiger partial charge in [0.2, 0.25) is 0 Å². The van der Waals surface area contributed by atoms with Gasteiger partial charge >= 0.3 is 5.97 Å². The van der Waals surface area contributed by atoms with Crippen LogP contribution in [0.3, 0.4) is 0 Å². The van der Waals surface area contributed by atoms with Crippen LogP contribution in [0, 0.1) is 12.3 Å². The average Bonchev–Trinajstić information content (AvgIpc) is 2.92. The van der Waals surface area contributed by atoms with Crippen LogP contribution in [-0.4, -0.2) is 34.6 Å². The number of carboxylic acids is 1. The van der Waals surface area contributed by atoms with E-state index in [4.69, 9.17) is 11.5 Å². The monoisotopic (exact) mass is 261 g/mol. The maximum absolute atomic E-state index is 10.8. The standard InChI is InChI=1S/C16H23NO2/c1-4-14(15(18)19)10-6-7-11-16(3,5-2)17-12-8-9-13-17/h2,4,6,10H,7-9,11-13H2,1,3H3,(H,18,19)/b10-6-,14-4+. The van der Waals surface area contributed by atoms with Crippen molar-refractivity contribution < 1.29 is 9.90 Å². The van der Waals surface area contributed by atoms with E-state index in [1.807, 2.05) is 6.08 Å². The van der Waals surface area contributed by atoms with Crippen molar-refractivity contribution in [2.24, 2.45) is 0 Å². The van der Waals surface area contributed by atoms with Crippen LogP contribution in [0.15, 0.2) is 23.8 Å². The Kier molecular flexibility index (Phi) is 5.85. The molecule has 0 aromatic rings. The van der Waals surface area contributed by atoms with Gasteiger partial charge in [-0.15, -0.1) is 6.42 Å². The molecule has 3 nitrogen and oxygen atoms in total. The summed E-state index contributed by atoms with van der Waals surface area (Å²) in [7, 11) is 0. The minimum Gasteiger partial charge on any atom is -0.478 e. The van der Waals surface area contributed by atoms with Crippen LogP contribution in [0.5, 0.6) is 0 Å². The van der Waals surface area contributed by atoms with Crippen molar-refractivity contribution in [3.05, 3.63) is 23.8 Å². The number of rotatable bonds is 6. The molecule has 1 fully saturated rings. The van der Waals surface area contributed by atoms with Crippen LogP contribution in [-0.2, 0) is 4.79 Å². The van der Waals surface area contributed by atoms with Crippen molar-refractivity contribution in [1.29, 1.82) is 0 Å². The Morgan fingerprint density at radius 2 is 2.11 bits per heavy atom. The van der Waals surface area contributed by atoms with Gasteiger partial charge in [-0.25, -0.2) is 4.79 Å². The van der Waals surface area contributed by atoms with Gasteiger partial charge in [0.25, 0.3) is 0 Å². The maximum Gasteiger partial charge on any atom is 0.335 e. The van der Waals surface area contributed by atoms with Crippen LogP contribution in [0.2, 0.25) is 0 Å². The van der Waals surface area contributed by atoms with E-state index >= 15 is 0 Å². The molecule has 0 aromatic heterocycles. The molecule has 1 unspecified atom stereocenters. The van der Waals surface area contributed by atoms with E-state index in [2.05, 4.69) is 17.7 Å². The first-order chi connectivity index (χ1) is 9.03. The van der Waals surface area contributed by atoms with Gasteiger partial charge in [0.1, 0.15) is 0 Å². The van der Waals surface area contributed by atoms with Crippen molar-refractivity contribution in [2.75, 3.05) is 13.1 Å². The summed E-state index contributed by atoms with van der Waals surface area (Å²) in [5.74, 6) is 2.02. The smallest absolute Gasteiger partial charge is 0.335 e. The first-order valence-corrected chi connectivity index (χ1v) is 6.82. The minimum absolute atomic E-state index is 0.208. The van der Waals surface area contributed by atoms with Gasteiger partial charge < -0.3 is 5.11 Å². The second kappa shape index (κ2) is 7.16. The fourth-order valence-corrected chi connectivity index (χ4v) is 2.40. The molecular formula is C16H23NO2. The van der Waals surface area contributed by atoms with Gasteiger partial charge in [-0.05, 0) is 52.6 Å². The van der Waals surface area contributed by atoms with E-state index in [9.17, 15) is 4.79 Å². The highest BCUT2D eigenvalue weighted by molar-refractivity contribution is 5.89. The van der Waals surface area contributed by atoms with Gasteiger partial charge in [0.05, 0.1) is 11.1 Å². The summed E-state index contributed by atoms with van der Waals surface area (Å²) < 4.78 is 0. The average molecular weight is 261 g/mol. The fraction of sp³-hybridized carbons (Fsp3) is 0.562. The van der Waals surface area contributed by atoms with E-state index < -0.39 is 5.97 Å². The number of hydrogen-bond donors (Lipinski definition) is 1. The second-order valence-electron chi connectivity index (χ2n) is 5.10. The molecule has 0 spiro atoms. The van der Waals surface area contributed by atoms with Crippen LogP contribution in [0.25, 0.3) is 0 Å². The highest BCUT2D eigenvalue weighted by Crippen LogP contribution is 2.25. The first kappa shape index (κ1) is 15.5. The van der Waals surface area contributed by atoms with Gasteiger partial charge in [-0.1, -0.05) is 24.1 Å². The summed E-state index contributed by atoms with van der Waals surface area (Å²) in [4.78, 5) is 13.2. The fourth-order valence-electron chi connectivity index (χ4n) is 2.40. The molecule has 1 N–H and O–H groups in total. The van der Waals surface area contributed by atoms with Crippen molar-refractivity contribution >= 4 is 5.97 Å². The Labute approximate surface area is 116 Å². The highest BCUT2D eigenvalue weighted by Gasteiger charge is 2.30. The lowest BCUT2D eigenvalue weighted by Gasteiger charge is -2.34. The number of hydrogen-bond acceptors (Lipinski definition) is 2. The largest absolute Gasteiger partial charge is 0.478 e. The number of carboxylic acid groups (broad SMARTS) is 1. The lowest BCUT2D eigenvalue weighted by molar-refractivity contribution is -0.132. The maximum atomic E-state index is 10.8. The molecule has 19 heavy (non-hydrogen) atoms. The molecule has 0 bridgehead atoms. The second-order valence-corrected chi connectivity index (χ2v) is 5.10. The number of allylic oxidation sites excluding steroid dienone is 2. The Bertz CT molecular complexity index is 411. The summed E-state index contributed by atoms with van der Waals surface area (Å²) in [5, 5.41) is 8.89. The third-order valence-electron chi connectivity index (χ3n) is 3.77. The molecule has 1 atom stereocenters. The molecule has 0 saturated carbocycles. The van der Waals surface area contributed by atoms with Gasteiger partial charge in [-0.2, -0.15) is 0 Å². The predicted molar refractivity (Wildman–Crippen MR) is 77.8 cm³/mol. The van der Waals surface area contributed by atoms with Crippen molar-refractivity contribution in [3.8, 4) is 12.3 Å². The molecule has 0 radical (unpaired) electrons. The van der Waals surface area contributed by atoms with E-state index in [1.54, 1.807) is 19.1 Å². The lowest BCUT2D eigenvalue weighted by Crippen LogP contribution is -2.43. The number of aliphatic carboxylic acids is 1. The van der Waals surface area contributed by atoms with Crippen LogP contribution in [0.4, 0.5) is 0 Å². The summed E-state index contributed by atoms with van der Waals surface area (Å²) >= 11 is 0. The van der Waals surface area contributed by atoms with E-state index in [-0.39, 0.29) is 5.54 Å². The molecule has 0 aromatic carbocycles. The third kappa shape index (κ3) is 4.25. The molecule has 1 rings (SSSR count). The normalized spacial score (nSPS) is 20.4. The van der Waals surface area contributed by atoms with Crippen molar-refractivity contribution in [3.63, 3.8) is 0 Å². The predicted octanol–water partition coefficient (Wildman–Crippen LogP) is 2.84. The van der Waals surface area contributed by atoms with Crippen LogP contribution >= 0.6 is 0 Å². The summed E-state index contributed by atoms with van der Waals surface area (Å²) in [6.45, 7) is 5.96. The Balaban J connectivity index is 2.53. The zero-order valence-corrected chi connectivity index (χ0v) is 11.9. The first-order valence-electron chi connectivity index (χ1n) is 6.82. The molecule has 1 saturated heterocycles. The minimum atomic E-state index is -0.891. The lowest BCUT2D eigenvalue weighted by atomic mass is 9.94. The molecule has 0 amide bonds. The summed E-state index contributed by atoms with van der Waals surface area (Å²) in [6.07, 6.45) is 14.9. The summed E-state index contributed by atoms with van der Waals surface area (Å²) in [6, 6.07) is 0. The quantitative estimate of drug-likeness (QED) is 0.454. The van der Waals surface area contributed by atoms with Crippen molar-refractivity contribution in [1.82, 2.24) is 4.90 Å².